The standard InChI is InChI=1S/C12H15ClFNO2/c1-2-3-4-11(12(16)17)15-8-5-6-9(13)10(14)7-8/h5-7,11,15H,2-4H2,1H3,(H,16,17). The molecule has 0 bridgehead atoms. The van der Waals surface area contributed by atoms with Crippen LogP contribution in [0, 0.1) is 5.82 Å². The van der Waals surface area contributed by atoms with Gasteiger partial charge in [0.05, 0.1) is 5.02 Å². The Morgan fingerprint density at radius 2 is 2.29 bits per heavy atom. The summed E-state index contributed by atoms with van der Waals surface area (Å²) >= 11 is 5.54. The van der Waals surface area contributed by atoms with E-state index in [4.69, 9.17) is 16.7 Å². The quantitative estimate of drug-likeness (QED) is 0.822. The number of rotatable bonds is 6. The van der Waals surface area contributed by atoms with Gasteiger partial charge in [-0.15, -0.1) is 0 Å². The Hall–Kier alpha value is -1.29. The molecular formula is C12H15ClFNO2. The molecule has 0 aliphatic carbocycles. The van der Waals surface area contributed by atoms with E-state index in [-0.39, 0.29) is 5.02 Å². The van der Waals surface area contributed by atoms with E-state index in [1.807, 2.05) is 6.92 Å². The summed E-state index contributed by atoms with van der Waals surface area (Å²) in [5, 5.41) is 11.8. The number of carbonyl (C=O) groups is 1. The van der Waals surface area contributed by atoms with E-state index in [1.165, 1.54) is 12.1 Å². The van der Waals surface area contributed by atoms with Crippen molar-refractivity contribution in [3.05, 3.63) is 29.0 Å². The second-order valence-electron chi connectivity index (χ2n) is 3.81. The third-order valence-corrected chi connectivity index (χ3v) is 2.71. The van der Waals surface area contributed by atoms with Crippen LogP contribution in [0.5, 0.6) is 0 Å². The van der Waals surface area contributed by atoms with E-state index >= 15 is 0 Å². The van der Waals surface area contributed by atoms with Crippen molar-refractivity contribution in [2.45, 2.75) is 32.2 Å². The largest absolute Gasteiger partial charge is 0.480 e. The lowest BCUT2D eigenvalue weighted by Gasteiger charge is -2.15. The molecule has 0 amide bonds. The minimum Gasteiger partial charge on any atom is -0.480 e. The Morgan fingerprint density at radius 3 is 2.82 bits per heavy atom. The van der Waals surface area contributed by atoms with Crippen LogP contribution in [-0.4, -0.2) is 17.1 Å². The average Bonchev–Trinajstić information content (AvgIpc) is 2.28. The van der Waals surface area contributed by atoms with Gasteiger partial charge < -0.3 is 10.4 Å². The molecule has 1 aromatic carbocycles. The predicted octanol–water partition coefficient (Wildman–Crippen LogP) is 3.53. The van der Waals surface area contributed by atoms with Crippen molar-refractivity contribution in [2.24, 2.45) is 0 Å². The molecule has 94 valence electrons. The summed E-state index contributed by atoms with van der Waals surface area (Å²) in [7, 11) is 0. The summed E-state index contributed by atoms with van der Waals surface area (Å²) in [5.74, 6) is -1.50. The van der Waals surface area contributed by atoms with E-state index in [2.05, 4.69) is 5.32 Å². The Kier molecular flexibility index (Phi) is 5.22. The van der Waals surface area contributed by atoms with Crippen molar-refractivity contribution >= 4 is 23.3 Å². The van der Waals surface area contributed by atoms with Gasteiger partial charge in [0.2, 0.25) is 0 Å². The van der Waals surface area contributed by atoms with E-state index in [0.717, 1.165) is 12.8 Å². The summed E-state index contributed by atoms with van der Waals surface area (Å²) in [5.41, 5.74) is 0.426. The zero-order chi connectivity index (χ0) is 12.8. The first kappa shape index (κ1) is 13.8. The van der Waals surface area contributed by atoms with Crippen LogP contribution in [-0.2, 0) is 4.79 Å². The Balaban J connectivity index is 2.71. The first-order valence-electron chi connectivity index (χ1n) is 5.49. The molecule has 0 saturated carbocycles. The maximum absolute atomic E-state index is 13.2. The first-order chi connectivity index (χ1) is 8.04. The monoisotopic (exact) mass is 259 g/mol. The van der Waals surface area contributed by atoms with Crippen LogP contribution < -0.4 is 5.32 Å². The van der Waals surface area contributed by atoms with Crippen LogP contribution in [0.4, 0.5) is 10.1 Å². The first-order valence-corrected chi connectivity index (χ1v) is 5.86. The number of benzene rings is 1. The van der Waals surface area contributed by atoms with E-state index < -0.39 is 17.8 Å². The summed E-state index contributed by atoms with van der Waals surface area (Å²) < 4.78 is 13.2. The fourth-order valence-electron chi connectivity index (χ4n) is 1.45. The summed E-state index contributed by atoms with van der Waals surface area (Å²) in [6, 6.07) is 3.46. The molecule has 0 radical (unpaired) electrons. The van der Waals surface area contributed by atoms with Crippen molar-refractivity contribution in [1.29, 1.82) is 0 Å². The van der Waals surface area contributed by atoms with Crippen molar-refractivity contribution < 1.29 is 14.3 Å². The molecular weight excluding hydrogens is 245 g/mol. The number of aliphatic carboxylic acids is 1. The number of hydrogen-bond donors (Lipinski definition) is 2. The minimum atomic E-state index is -0.936. The van der Waals surface area contributed by atoms with Crippen LogP contribution in [0.2, 0.25) is 5.02 Å². The van der Waals surface area contributed by atoms with Crippen LogP contribution >= 0.6 is 11.6 Å². The van der Waals surface area contributed by atoms with Crippen molar-refractivity contribution in [1.82, 2.24) is 0 Å². The summed E-state index contributed by atoms with van der Waals surface area (Å²) in [6.07, 6.45) is 2.23. The molecule has 17 heavy (non-hydrogen) atoms. The molecule has 0 saturated heterocycles. The van der Waals surface area contributed by atoms with Gasteiger partial charge in [-0.3, -0.25) is 0 Å². The highest BCUT2D eigenvalue weighted by Crippen LogP contribution is 2.20. The molecule has 0 heterocycles. The van der Waals surface area contributed by atoms with Gasteiger partial charge in [0, 0.05) is 5.69 Å². The molecule has 0 aromatic heterocycles. The Morgan fingerprint density at radius 1 is 1.59 bits per heavy atom. The molecule has 0 aliphatic heterocycles. The summed E-state index contributed by atoms with van der Waals surface area (Å²) in [4.78, 5) is 11.0. The second-order valence-corrected chi connectivity index (χ2v) is 4.21. The lowest BCUT2D eigenvalue weighted by atomic mass is 10.1. The number of nitrogens with one attached hydrogen (secondary N) is 1. The smallest absolute Gasteiger partial charge is 0.326 e. The Labute approximate surface area is 105 Å². The average molecular weight is 260 g/mol. The fourth-order valence-corrected chi connectivity index (χ4v) is 1.57. The van der Waals surface area contributed by atoms with E-state index in [9.17, 15) is 9.18 Å². The van der Waals surface area contributed by atoms with Crippen LogP contribution in [0.3, 0.4) is 0 Å². The van der Waals surface area contributed by atoms with Crippen LogP contribution in [0.1, 0.15) is 26.2 Å². The highest BCUT2D eigenvalue weighted by Gasteiger charge is 2.16. The van der Waals surface area contributed by atoms with E-state index in [1.54, 1.807) is 6.07 Å². The molecule has 1 aromatic rings. The maximum atomic E-state index is 13.2. The maximum Gasteiger partial charge on any atom is 0.326 e. The number of halogens is 2. The lowest BCUT2D eigenvalue weighted by molar-refractivity contribution is -0.138. The predicted molar refractivity (Wildman–Crippen MR) is 66.0 cm³/mol. The number of hydrogen-bond acceptors (Lipinski definition) is 2. The van der Waals surface area contributed by atoms with Gasteiger partial charge in [-0.25, -0.2) is 9.18 Å². The van der Waals surface area contributed by atoms with Crippen molar-refractivity contribution in [3.8, 4) is 0 Å². The van der Waals surface area contributed by atoms with Gasteiger partial charge in [-0.05, 0) is 24.6 Å². The number of carboxylic acids is 1. The number of anilines is 1. The number of unbranched alkanes of at least 4 members (excludes halogenated alkanes) is 1. The van der Waals surface area contributed by atoms with Crippen LogP contribution in [0.25, 0.3) is 0 Å². The second kappa shape index (κ2) is 6.45. The van der Waals surface area contributed by atoms with Gasteiger partial charge in [0.15, 0.2) is 0 Å². The van der Waals surface area contributed by atoms with E-state index in [0.29, 0.717) is 12.1 Å². The minimum absolute atomic E-state index is 0.0241. The molecule has 3 nitrogen and oxygen atoms in total. The molecule has 0 spiro atoms. The van der Waals surface area contributed by atoms with Gasteiger partial charge in [0.1, 0.15) is 11.9 Å². The third-order valence-electron chi connectivity index (χ3n) is 2.40. The molecule has 2 N–H and O–H groups in total. The van der Waals surface area contributed by atoms with Crippen molar-refractivity contribution in [3.63, 3.8) is 0 Å². The molecule has 1 atom stereocenters. The fraction of sp³-hybridized carbons (Fsp3) is 0.417. The molecule has 5 heteroatoms. The van der Waals surface area contributed by atoms with Gasteiger partial charge >= 0.3 is 5.97 Å². The highest BCUT2D eigenvalue weighted by molar-refractivity contribution is 6.30. The highest BCUT2D eigenvalue weighted by atomic mass is 35.5. The SMILES string of the molecule is CCCCC(Nc1ccc(Cl)c(F)c1)C(=O)O. The van der Waals surface area contributed by atoms with Gasteiger partial charge in [-0.2, -0.15) is 0 Å². The third kappa shape index (κ3) is 4.23. The normalized spacial score (nSPS) is 12.2. The van der Waals surface area contributed by atoms with Crippen LogP contribution in [0.15, 0.2) is 18.2 Å². The van der Waals surface area contributed by atoms with Crippen molar-refractivity contribution in [2.75, 3.05) is 5.32 Å². The van der Waals surface area contributed by atoms with Gasteiger partial charge in [-0.1, -0.05) is 31.4 Å². The number of carboxylic acid groups (broad SMARTS) is 1. The zero-order valence-electron chi connectivity index (χ0n) is 9.54. The van der Waals surface area contributed by atoms with Gasteiger partial charge in [0.25, 0.3) is 0 Å². The molecule has 1 unspecified atom stereocenters. The Bertz CT molecular complexity index is 398. The lowest BCUT2D eigenvalue weighted by Crippen LogP contribution is -2.29. The molecule has 0 fully saturated rings. The molecule has 0 aliphatic rings. The zero-order valence-corrected chi connectivity index (χ0v) is 10.3. The topological polar surface area (TPSA) is 49.3 Å². The molecule has 1 rings (SSSR count). The summed E-state index contributed by atoms with van der Waals surface area (Å²) in [6.45, 7) is 1.99.